The molecule has 6 nitrogen and oxygen atoms in total. The van der Waals surface area contributed by atoms with Crippen molar-refractivity contribution in [1.29, 1.82) is 0 Å². The predicted octanol–water partition coefficient (Wildman–Crippen LogP) is -1.09. The molecule has 0 radical (unpaired) electrons. The van der Waals surface area contributed by atoms with E-state index in [-0.39, 0.29) is 24.0 Å². The van der Waals surface area contributed by atoms with Gasteiger partial charge in [0.1, 0.15) is 0 Å². The van der Waals surface area contributed by atoms with Crippen LogP contribution in [0.3, 0.4) is 0 Å². The van der Waals surface area contributed by atoms with Gasteiger partial charge in [0.15, 0.2) is 12.9 Å². The lowest BCUT2D eigenvalue weighted by Gasteiger charge is -2.45. The van der Waals surface area contributed by atoms with Gasteiger partial charge in [-0.1, -0.05) is 0 Å². The zero-order valence-corrected chi connectivity index (χ0v) is 21.1. The van der Waals surface area contributed by atoms with E-state index in [1.807, 2.05) is 0 Å². The molecule has 0 aromatic heterocycles. The van der Waals surface area contributed by atoms with Crippen LogP contribution in [0.25, 0.3) is 0 Å². The number of anilines is 1. The highest BCUT2D eigenvalue weighted by molar-refractivity contribution is 7.78. The molecule has 0 atom stereocenters. The molecule has 3 saturated heterocycles. The van der Waals surface area contributed by atoms with Gasteiger partial charge in [0.05, 0.1) is 78.2 Å². The van der Waals surface area contributed by atoms with Crippen LogP contribution in [0.15, 0.2) is 12.1 Å². The molecular formula is C21H35IN3O3P. The molecule has 0 saturated carbocycles. The van der Waals surface area contributed by atoms with Crippen LogP contribution in [0.2, 0.25) is 0 Å². The molecule has 0 amide bonds. The molecule has 1 aromatic rings. The third kappa shape index (κ3) is 4.92. The first-order valence-electron chi connectivity index (χ1n) is 10.6. The van der Waals surface area contributed by atoms with Crippen molar-refractivity contribution >= 4 is 18.6 Å². The first-order valence-corrected chi connectivity index (χ1v) is 12.7. The number of nitrogens with zero attached hydrogens (tertiary/aromatic N) is 3. The monoisotopic (exact) mass is 535 g/mol. The van der Waals surface area contributed by atoms with E-state index in [1.54, 1.807) is 0 Å². The van der Waals surface area contributed by atoms with Crippen molar-refractivity contribution in [2.75, 3.05) is 90.5 Å². The second-order valence-electron chi connectivity index (χ2n) is 8.07. The van der Waals surface area contributed by atoms with Crippen LogP contribution in [0, 0.1) is 13.8 Å². The average Bonchev–Trinajstić information content (AvgIpc) is 2.76. The van der Waals surface area contributed by atoms with E-state index in [0.717, 1.165) is 78.9 Å². The number of aryl methyl sites for hydroxylation is 2. The van der Waals surface area contributed by atoms with E-state index in [0.29, 0.717) is 0 Å². The van der Waals surface area contributed by atoms with Gasteiger partial charge in [0.25, 0.3) is 0 Å². The van der Waals surface area contributed by atoms with E-state index >= 15 is 0 Å². The van der Waals surface area contributed by atoms with Crippen molar-refractivity contribution in [1.82, 2.24) is 9.34 Å². The first kappa shape index (κ1) is 23.6. The third-order valence-corrected chi connectivity index (χ3v) is 10.7. The molecule has 3 aliphatic heterocycles. The molecule has 8 heteroatoms. The van der Waals surface area contributed by atoms with Gasteiger partial charge in [0.2, 0.25) is 0 Å². The molecule has 164 valence electrons. The molecule has 29 heavy (non-hydrogen) atoms. The van der Waals surface area contributed by atoms with Crippen molar-refractivity contribution in [3.8, 4) is 0 Å². The summed E-state index contributed by atoms with van der Waals surface area (Å²) >= 11 is 0. The third-order valence-electron chi connectivity index (χ3n) is 6.48. The summed E-state index contributed by atoms with van der Waals surface area (Å²) in [5, 5.41) is 1.53. The van der Waals surface area contributed by atoms with Gasteiger partial charge in [-0.15, -0.1) is 0 Å². The molecule has 0 unspecified atom stereocenters. The standard InChI is InChI=1S/C21H35N3O3P.HI/c1-18-16-20(22-4-10-25-11-5-22)21(17-19(18)2)28(3,23-6-12-26-13-7-23)24-8-14-27-15-9-24;/h16-17H,4-15H2,1-3H3;1H/q+1;/p-1. The fraction of sp³-hybridized carbons (Fsp3) is 0.714. The molecule has 3 aliphatic rings. The molecule has 3 fully saturated rings. The number of halogens is 1. The highest BCUT2D eigenvalue weighted by Crippen LogP contribution is 2.62. The van der Waals surface area contributed by atoms with Crippen LogP contribution in [0.5, 0.6) is 0 Å². The minimum absolute atomic E-state index is 0. The SMILES string of the molecule is Cc1cc(N2CCOCC2)c([P+](C)(N2CCOCC2)N2CCOCC2)cc1C.[I-]. The minimum Gasteiger partial charge on any atom is -1.00 e. The summed E-state index contributed by atoms with van der Waals surface area (Å²) in [5.74, 6) is 0. The molecule has 0 bridgehead atoms. The lowest BCUT2D eigenvalue weighted by Crippen LogP contribution is -3.00. The van der Waals surface area contributed by atoms with Crippen LogP contribution in [0.4, 0.5) is 5.69 Å². The quantitative estimate of drug-likeness (QED) is 0.361. The lowest BCUT2D eigenvalue weighted by molar-refractivity contribution is -0.00000816. The van der Waals surface area contributed by atoms with Crippen molar-refractivity contribution in [3.63, 3.8) is 0 Å². The van der Waals surface area contributed by atoms with Crippen molar-refractivity contribution in [2.24, 2.45) is 0 Å². The zero-order valence-electron chi connectivity index (χ0n) is 18.0. The first-order chi connectivity index (χ1) is 13.6. The van der Waals surface area contributed by atoms with Crippen LogP contribution in [-0.4, -0.2) is 94.9 Å². The highest BCUT2D eigenvalue weighted by atomic mass is 127. The summed E-state index contributed by atoms with van der Waals surface area (Å²) in [5.41, 5.74) is 4.18. The maximum atomic E-state index is 5.71. The minimum atomic E-state index is -1.70. The lowest BCUT2D eigenvalue weighted by atomic mass is 10.1. The van der Waals surface area contributed by atoms with Crippen molar-refractivity contribution in [2.45, 2.75) is 13.8 Å². The van der Waals surface area contributed by atoms with Crippen molar-refractivity contribution in [3.05, 3.63) is 23.3 Å². The maximum Gasteiger partial charge on any atom is 0.185 e. The Hall–Kier alpha value is -0.0200. The predicted molar refractivity (Wildman–Crippen MR) is 116 cm³/mol. The highest BCUT2D eigenvalue weighted by Gasteiger charge is 2.51. The molecule has 3 heterocycles. The normalized spacial score (nSPS) is 22.4. The van der Waals surface area contributed by atoms with Gasteiger partial charge in [-0.05, 0) is 37.1 Å². The van der Waals surface area contributed by atoms with Crippen LogP contribution < -0.4 is 34.2 Å². The second-order valence-corrected chi connectivity index (χ2v) is 11.5. The second kappa shape index (κ2) is 10.5. The molecule has 0 aliphatic carbocycles. The zero-order chi connectivity index (χ0) is 19.6. The number of rotatable bonds is 4. The number of ether oxygens (including phenoxy) is 3. The Morgan fingerprint density at radius 1 is 0.690 bits per heavy atom. The summed E-state index contributed by atoms with van der Waals surface area (Å²) in [6.07, 6.45) is 0. The van der Waals surface area contributed by atoms with Gasteiger partial charge >= 0.3 is 0 Å². The summed E-state index contributed by atoms with van der Waals surface area (Å²) in [4.78, 5) is 2.55. The molecular weight excluding hydrogens is 500 g/mol. The van der Waals surface area contributed by atoms with E-state index in [4.69, 9.17) is 14.2 Å². The number of benzene rings is 1. The number of hydrogen-bond donors (Lipinski definition) is 0. The summed E-state index contributed by atoms with van der Waals surface area (Å²) < 4.78 is 22.5. The Morgan fingerprint density at radius 3 is 1.59 bits per heavy atom. The summed E-state index contributed by atoms with van der Waals surface area (Å²) in [6, 6.07) is 4.91. The Balaban J connectivity index is 0.00000240. The molecule has 0 spiro atoms. The molecule has 1 aromatic carbocycles. The van der Waals surface area contributed by atoms with Gasteiger partial charge in [-0.3, -0.25) is 0 Å². The van der Waals surface area contributed by atoms with Gasteiger partial charge < -0.3 is 43.1 Å². The van der Waals surface area contributed by atoms with E-state index in [9.17, 15) is 0 Å². The Morgan fingerprint density at radius 2 is 1.10 bits per heavy atom. The fourth-order valence-electron chi connectivity index (χ4n) is 4.55. The molecule has 4 rings (SSSR count). The number of hydrogen-bond acceptors (Lipinski definition) is 6. The van der Waals surface area contributed by atoms with Crippen LogP contribution in [0.1, 0.15) is 11.1 Å². The fourth-order valence-corrected chi connectivity index (χ4v) is 8.48. The Bertz CT molecular complexity index is 657. The number of morpholine rings is 3. The largest absolute Gasteiger partial charge is 1.00 e. The van der Waals surface area contributed by atoms with Gasteiger partial charge in [0, 0.05) is 13.1 Å². The maximum absolute atomic E-state index is 5.71. The topological polar surface area (TPSA) is 37.4 Å². The van der Waals surface area contributed by atoms with E-state index in [1.165, 1.54) is 22.1 Å². The van der Waals surface area contributed by atoms with E-state index < -0.39 is 7.56 Å². The van der Waals surface area contributed by atoms with E-state index in [2.05, 4.69) is 46.9 Å². The van der Waals surface area contributed by atoms with Gasteiger partial charge in [-0.2, -0.15) is 9.34 Å². The smallest absolute Gasteiger partial charge is 0.185 e. The Kier molecular flexibility index (Phi) is 8.58. The Labute approximate surface area is 193 Å². The summed E-state index contributed by atoms with van der Waals surface area (Å²) in [6.45, 7) is 18.0. The molecule has 0 N–H and O–H groups in total. The van der Waals surface area contributed by atoms with Gasteiger partial charge in [-0.25, -0.2) is 0 Å². The average molecular weight is 535 g/mol. The van der Waals surface area contributed by atoms with Crippen molar-refractivity contribution < 1.29 is 38.2 Å². The van der Waals surface area contributed by atoms with Crippen LogP contribution >= 0.6 is 7.56 Å². The van der Waals surface area contributed by atoms with Crippen LogP contribution in [-0.2, 0) is 14.2 Å². The summed E-state index contributed by atoms with van der Waals surface area (Å²) in [7, 11) is -1.70.